The third-order valence-electron chi connectivity index (χ3n) is 4.48. The fourth-order valence-electron chi connectivity index (χ4n) is 3.24. The maximum absolute atomic E-state index is 12.2. The number of nitrogens with one attached hydrogen (secondary N) is 1. The molecular weight excluding hydrogens is 306 g/mol. The summed E-state index contributed by atoms with van der Waals surface area (Å²) in [4.78, 5) is 4.05. The van der Waals surface area contributed by atoms with E-state index in [1.165, 1.54) is 6.42 Å². The number of ether oxygens (including phenoxy) is 1. The normalized spacial score (nSPS) is 24.3. The number of sulfonamides is 1. The van der Waals surface area contributed by atoms with Gasteiger partial charge >= 0.3 is 0 Å². The van der Waals surface area contributed by atoms with Crippen molar-refractivity contribution in [1.29, 1.82) is 0 Å². The zero-order valence-electron chi connectivity index (χ0n) is 12.9. The molecule has 1 aliphatic carbocycles. The lowest BCUT2D eigenvalue weighted by Gasteiger charge is -2.47. The first-order valence-electron chi connectivity index (χ1n) is 7.91. The smallest absolute Gasteiger partial charge is 0.227 e. The van der Waals surface area contributed by atoms with Crippen LogP contribution in [0.3, 0.4) is 0 Å². The SMILES string of the molecule is Cc1noc(CCNS(=O)(=O)CC2CCCC3(CCC3)O2)n1. The fraction of sp³-hybridized carbons (Fsp3) is 0.857. The third-order valence-corrected chi connectivity index (χ3v) is 5.93. The molecule has 22 heavy (non-hydrogen) atoms. The first kappa shape index (κ1) is 15.9. The van der Waals surface area contributed by atoms with Gasteiger partial charge in [0.05, 0.1) is 17.5 Å². The van der Waals surface area contributed by atoms with Crippen molar-refractivity contribution in [2.45, 2.75) is 63.6 Å². The second-order valence-electron chi connectivity index (χ2n) is 6.33. The molecule has 124 valence electrons. The average molecular weight is 329 g/mol. The number of nitrogens with zero attached hydrogens (tertiary/aromatic N) is 2. The van der Waals surface area contributed by atoms with Gasteiger partial charge in [-0.1, -0.05) is 5.16 Å². The highest BCUT2D eigenvalue weighted by Gasteiger charge is 2.43. The highest BCUT2D eigenvalue weighted by atomic mass is 32.2. The summed E-state index contributed by atoms with van der Waals surface area (Å²) in [7, 11) is -3.34. The van der Waals surface area contributed by atoms with Gasteiger partial charge in [0.1, 0.15) is 0 Å². The number of rotatable bonds is 6. The van der Waals surface area contributed by atoms with E-state index in [0.717, 1.165) is 32.1 Å². The van der Waals surface area contributed by atoms with Crippen LogP contribution in [0, 0.1) is 6.92 Å². The Morgan fingerprint density at radius 1 is 1.32 bits per heavy atom. The van der Waals surface area contributed by atoms with Gasteiger partial charge in [0.2, 0.25) is 15.9 Å². The van der Waals surface area contributed by atoms with Crippen LogP contribution in [0.4, 0.5) is 0 Å². The maximum atomic E-state index is 12.2. The molecule has 1 aliphatic heterocycles. The summed E-state index contributed by atoms with van der Waals surface area (Å²) in [5.74, 6) is 1.04. The van der Waals surface area contributed by atoms with Crippen molar-refractivity contribution in [3.8, 4) is 0 Å². The monoisotopic (exact) mass is 329 g/mol. The molecule has 1 saturated carbocycles. The zero-order valence-corrected chi connectivity index (χ0v) is 13.7. The molecule has 0 radical (unpaired) electrons. The van der Waals surface area contributed by atoms with Crippen LogP contribution in [0.15, 0.2) is 4.52 Å². The lowest BCUT2D eigenvalue weighted by Crippen LogP contribution is -2.48. The van der Waals surface area contributed by atoms with Gasteiger partial charge in [-0.15, -0.1) is 0 Å². The molecule has 1 N–H and O–H groups in total. The molecule has 7 nitrogen and oxygen atoms in total. The van der Waals surface area contributed by atoms with Gasteiger partial charge < -0.3 is 9.26 Å². The van der Waals surface area contributed by atoms with Crippen LogP contribution in [0.1, 0.15) is 50.2 Å². The Morgan fingerprint density at radius 3 is 2.73 bits per heavy atom. The van der Waals surface area contributed by atoms with E-state index in [0.29, 0.717) is 18.1 Å². The molecule has 1 saturated heterocycles. The molecule has 1 spiro atoms. The molecule has 2 heterocycles. The Morgan fingerprint density at radius 2 is 2.09 bits per heavy atom. The average Bonchev–Trinajstić information content (AvgIpc) is 2.82. The van der Waals surface area contributed by atoms with E-state index >= 15 is 0 Å². The van der Waals surface area contributed by atoms with Crippen LogP contribution in [-0.4, -0.2) is 42.6 Å². The van der Waals surface area contributed by atoms with Crippen LogP contribution < -0.4 is 4.72 Å². The van der Waals surface area contributed by atoms with Crippen LogP contribution in [0.2, 0.25) is 0 Å². The van der Waals surface area contributed by atoms with Crippen LogP contribution in [0.25, 0.3) is 0 Å². The van der Waals surface area contributed by atoms with Crippen molar-refractivity contribution in [2.24, 2.45) is 0 Å². The molecular formula is C14H23N3O4S. The number of hydrogen-bond acceptors (Lipinski definition) is 6. The van der Waals surface area contributed by atoms with Gasteiger partial charge in [0.25, 0.3) is 0 Å². The van der Waals surface area contributed by atoms with E-state index < -0.39 is 10.0 Å². The van der Waals surface area contributed by atoms with Crippen molar-refractivity contribution in [3.05, 3.63) is 11.7 Å². The molecule has 3 rings (SSSR count). The zero-order chi connectivity index (χ0) is 15.6. The summed E-state index contributed by atoms with van der Waals surface area (Å²) >= 11 is 0. The predicted octanol–water partition coefficient (Wildman–Crippen LogP) is 1.33. The van der Waals surface area contributed by atoms with Gasteiger partial charge in [-0.2, -0.15) is 4.98 Å². The number of hydrogen-bond donors (Lipinski definition) is 1. The van der Waals surface area contributed by atoms with Crippen LogP contribution in [-0.2, 0) is 21.2 Å². The summed E-state index contributed by atoms with van der Waals surface area (Å²) < 4.78 is 37.9. The van der Waals surface area contributed by atoms with E-state index in [2.05, 4.69) is 14.9 Å². The molecule has 2 fully saturated rings. The highest BCUT2D eigenvalue weighted by molar-refractivity contribution is 7.89. The number of aromatic nitrogens is 2. The van der Waals surface area contributed by atoms with Crippen LogP contribution in [0.5, 0.6) is 0 Å². The molecule has 2 aliphatic rings. The first-order chi connectivity index (χ1) is 10.5. The van der Waals surface area contributed by atoms with Gasteiger partial charge in [0.15, 0.2) is 5.82 Å². The van der Waals surface area contributed by atoms with Gasteiger partial charge in [0, 0.05) is 13.0 Å². The Kier molecular flexibility index (Phi) is 4.52. The highest BCUT2D eigenvalue weighted by Crippen LogP contribution is 2.44. The summed E-state index contributed by atoms with van der Waals surface area (Å²) in [6, 6.07) is 0. The predicted molar refractivity (Wildman–Crippen MR) is 79.8 cm³/mol. The molecule has 0 aromatic carbocycles. The summed E-state index contributed by atoms with van der Waals surface area (Å²) in [6.45, 7) is 2.00. The quantitative estimate of drug-likeness (QED) is 0.846. The van der Waals surface area contributed by atoms with E-state index in [1.807, 2.05) is 0 Å². The second-order valence-corrected chi connectivity index (χ2v) is 8.18. The van der Waals surface area contributed by atoms with E-state index in [-0.39, 0.29) is 24.0 Å². The lowest BCUT2D eigenvalue weighted by atomic mass is 9.74. The van der Waals surface area contributed by atoms with Gasteiger partial charge in [-0.05, 0) is 45.4 Å². The van der Waals surface area contributed by atoms with E-state index in [4.69, 9.17) is 9.26 Å². The van der Waals surface area contributed by atoms with Crippen molar-refractivity contribution >= 4 is 10.0 Å². The molecule has 0 bridgehead atoms. The van der Waals surface area contributed by atoms with E-state index in [9.17, 15) is 8.42 Å². The van der Waals surface area contributed by atoms with E-state index in [1.54, 1.807) is 6.92 Å². The third kappa shape index (κ3) is 3.85. The maximum Gasteiger partial charge on any atom is 0.227 e. The standard InChI is InChI=1S/C14H23N3O4S/c1-11-16-13(21-17-11)5-9-15-22(18,19)10-12-4-2-6-14(20-12)7-3-8-14/h12,15H,2-10H2,1H3. The van der Waals surface area contributed by atoms with Crippen molar-refractivity contribution in [2.75, 3.05) is 12.3 Å². The Labute approximate surface area is 130 Å². The largest absolute Gasteiger partial charge is 0.371 e. The molecule has 1 atom stereocenters. The van der Waals surface area contributed by atoms with Gasteiger partial charge in [-0.25, -0.2) is 13.1 Å². The number of aryl methyl sites for hydroxylation is 1. The summed E-state index contributed by atoms with van der Waals surface area (Å²) in [5, 5.41) is 3.67. The molecule has 1 aromatic heterocycles. The molecule has 0 amide bonds. The minimum atomic E-state index is -3.34. The summed E-state index contributed by atoms with van der Waals surface area (Å²) in [5.41, 5.74) is -0.0142. The molecule has 8 heteroatoms. The van der Waals surface area contributed by atoms with Crippen molar-refractivity contribution in [3.63, 3.8) is 0 Å². The van der Waals surface area contributed by atoms with Crippen LogP contribution >= 0.6 is 0 Å². The van der Waals surface area contributed by atoms with Crippen molar-refractivity contribution in [1.82, 2.24) is 14.9 Å². The first-order valence-corrected chi connectivity index (χ1v) is 9.56. The molecule has 1 unspecified atom stereocenters. The second kappa shape index (κ2) is 6.25. The minimum Gasteiger partial charge on any atom is -0.371 e. The topological polar surface area (TPSA) is 94.3 Å². The van der Waals surface area contributed by atoms with Gasteiger partial charge in [-0.3, -0.25) is 0 Å². The Hall–Kier alpha value is -0.990. The Bertz CT molecular complexity index is 609. The lowest BCUT2D eigenvalue weighted by molar-refractivity contribution is -0.161. The summed E-state index contributed by atoms with van der Waals surface area (Å²) in [6.07, 6.45) is 6.52. The minimum absolute atomic E-state index is 0.0142. The Balaban J connectivity index is 1.46. The fourth-order valence-corrected chi connectivity index (χ4v) is 4.49. The van der Waals surface area contributed by atoms with Crippen molar-refractivity contribution < 1.29 is 17.7 Å². The molecule has 1 aromatic rings.